The quantitative estimate of drug-likeness (QED) is 0.868. The van der Waals surface area contributed by atoms with Crippen molar-refractivity contribution in [3.05, 3.63) is 29.3 Å². The summed E-state index contributed by atoms with van der Waals surface area (Å²) in [6, 6.07) is 6.47. The van der Waals surface area contributed by atoms with E-state index in [-0.39, 0.29) is 12.2 Å². The van der Waals surface area contributed by atoms with Crippen LogP contribution in [0.3, 0.4) is 0 Å². The minimum Gasteiger partial charge on any atom is -0.488 e. The number of aliphatic hydroxyl groups excluding tert-OH is 1. The van der Waals surface area contributed by atoms with E-state index in [0.29, 0.717) is 0 Å². The van der Waals surface area contributed by atoms with E-state index in [0.717, 1.165) is 25.0 Å². The monoisotopic (exact) mass is 246 g/mol. The van der Waals surface area contributed by atoms with Gasteiger partial charge in [0.05, 0.1) is 6.10 Å². The van der Waals surface area contributed by atoms with Crippen molar-refractivity contribution in [3.8, 4) is 5.75 Å². The number of aryl methyl sites for hydroxylation is 2. The Morgan fingerprint density at radius 2 is 1.72 bits per heavy atom. The first-order valence-electron chi connectivity index (χ1n) is 7.29. The maximum absolute atomic E-state index is 9.94. The Bertz CT molecular complexity index is 414. The first-order valence-corrected chi connectivity index (χ1v) is 7.29. The number of rotatable bonds is 2. The molecule has 2 aliphatic carbocycles. The summed E-state index contributed by atoms with van der Waals surface area (Å²) >= 11 is 0. The fraction of sp³-hybridized carbons (Fsp3) is 0.625. The lowest BCUT2D eigenvalue weighted by Crippen LogP contribution is -2.34. The molecule has 18 heavy (non-hydrogen) atoms. The Kier molecular flexibility index (Phi) is 3.55. The molecule has 1 aromatic rings. The first-order chi connectivity index (χ1) is 8.83. The normalized spacial score (nSPS) is 27.6. The maximum atomic E-state index is 9.94. The van der Waals surface area contributed by atoms with E-state index in [1.165, 1.54) is 43.2 Å². The number of ether oxygens (including phenoxy) is 1. The number of fused-ring (bicyclic) bond motifs is 1. The smallest absolute Gasteiger partial charge is 0.124 e. The van der Waals surface area contributed by atoms with E-state index in [4.69, 9.17) is 4.74 Å². The van der Waals surface area contributed by atoms with Crippen LogP contribution in [0.25, 0.3) is 0 Å². The Morgan fingerprint density at radius 3 is 2.56 bits per heavy atom. The van der Waals surface area contributed by atoms with Crippen molar-refractivity contribution in [2.45, 2.75) is 63.6 Å². The van der Waals surface area contributed by atoms with Crippen LogP contribution in [0.5, 0.6) is 5.75 Å². The van der Waals surface area contributed by atoms with Crippen LogP contribution in [-0.4, -0.2) is 17.3 Å². The largest absolute Gasteiger partial charge is 0.488 e. The Morgan fingerprint density at radius 1 is 0.944 bits per heavy atom. The van der Waals surface area contributed by atoms with Gasteiger partial charge >= 0.3 is 0 Å². The van der Waals surface area contributed by atoms with Crippen molar-refractivity contribution < 1.29 is 9.84 Å². The molecule has 0 saturated heterocycles. The topological polar surface area (TPSA) is 29.5 Å². The van der Waals surface area contributed by atoms with Gasteiger partial charge < -0.3 is 9.84 Å². The molecule has 2 aliphatic rings. The van der Waals surface area contributed by atoms with Crippen LogP contribution in [-0.2, 0) is 12.8 Å². The molecule has 2 atom stereocenters. The molecule has 1 N–H and O–H groups in total. The molecular weight excluding hydrogens is 224 g/mol. The standard InChI is InChI=1S/C16H22O2/c17-15-7-3-4-8-16(15)18-14-10-9-12-5-1-2-6-13(12)11-14/h9-11,15-17H,1-8H2. The minimum atomic E-state index is -0.283. The lowest BCUT2D eigenvalue weighted by molar-refractivity contribution is 0.00682. The highest BCUT2D eigenvalue weighted by molar-refractivity contribution is 5.37. The van der Waals surface area contributed by atoms with Gasteiger partial charge in [-0.15, -0.1) is 0 Å². The van der Waals surface area contributed by atoms with Gasteiger partial charge in [0.15, 0.2) is 0 Å². The van der Waals surface area contributed by atoms with Crippen LogP contribution in [0.1, 0.15) is 49.7 Å². The van der Waals surface area contributed by atoms with Crippen LogP contribution < -0.4 is 4.74 Å². The molecule has 0 radical (unpaired) electrons. The van der Waals surface area contributed by atoms with Crippen LogP contribution >= 0.6 is 0 Å². The molecule has 98 valence electrons. The summed E-state index contributed by atoms with van der Waals surface area (Å²) < 4.78 is 5.98. The molecule has 1 aromatic carbocycles. The summed E-state index contributed by atoms with van der Waals surface area (Å²) in [5, 5.41) is 9.94. The predicted octanol–water partition coefficient (Wildman–Crippen LogP) is 3.25. The Hall–Kier alpha value is -1.02. The third-order valence-electron chi connectivity index (χ3n) is 4.28. The van der Waals surface area contributed by atoms with Gasteiger partial charge in [-0.25, -0.2) is 0 Å². The molecule has 0 amide bonds. The van der Waals surface area contributed by atoms with Crippen molar-refractivity contribution in [3.63, 3.8) is 0 Å². The molecule has 2 heteroatoms. The molecular formula is C16H22O2. The summed E-state index contributed by atoms with van der Waals surface area (Å²) in [7, 11) is 0. The van der Waals surface area contributed by atoms with Crippen LogP contribution in [0.4, 0.5) is 0 Å². The highest BCUT2D eigenvalue weighted by atomic mass is 16.5. The number of hydrogen-bond donors (Lipinski definition) is 1. The van der Waals surface area contributed by atoms with E-state index in [1.54, 1.807) is 0 Å². The number of hydrogen-bond acceptors (Lipinski definition) is 2. The van der Waals surface area contributed by atoms with E-state index in [2.05, 4.69) is 18.2 Å². The molecule has 0 heterocycles. The van der Waals surface area contributed by atoms with E-state index in [1.807, 2.05) is 0 Å². The van der Waals surface area contributed by atoms with Crippen LogP contribution in [0.2, 0.25) is 0 Å². The molecule has 0 aliphatic heterocycles. The van der Waals surface area contributed by atoms with Crippen molar-refractivity contribution in [1.82, 2.24) is 0 Å². The summed E-state index contributed by atoms with van der Waals surface area (Å²) in [5.41, 5.74) is 2.93. The zero-order chi connectivity index (χ0) is 12.4. The summed E-state index contributed by atoms with van der Waals surface area (Å²) in [5.74, 6) is 0.946. The van der Waals surface area contributed by atoms with Gasteiger partial charge in [0.25, 0.3) is 0 Å². The second kappa shape index (κ2) is 5.31. The van der Waals surface area contributed by atoms with Gasteiger partial charge in [0.2, 0.25) is 0 Å². The zero-order valence-corrected chi connectivity index (χ0v) is 10.9. The summed E-state index contributed by atoms with van der Waals surface area (Å²) in [6.07, 6.45) is 8.89. The first kappa shape index (κ1) is 12.0. The number of benzene rings is 1. The summed E-state index contributed by atoms with van der Waals surface area (Å²) in [4.78, 5) is 0. The molecule has 3 rings (SSSR count). The average Bonchev–Trinajstić information content (AvgIpc) is 2.41. The molecule has 0 aromatic heterocycles. The summed E-state index contributed by atoms with van der Waals surface area (Å²) in [6.45, 7) is 0. The van der Waals surface area contributed by atoms with Crippen LogP contribution in [0.15, 0.2) is 18.2 Å². The highest BCUT2D eigenvalue weighted by Gasteiger charge is 2.24. The fourth-order valence-electron chi connectivity index (χ4n) is 3.17. The minimum absolute atomic E-state index is 0.000362. The van der Waals surface area contributed by atoms with Gasteiger partial charge in [-0.1, -0.05) is 12.5 Å². The fourth-order valence-corrected chi connectivity index (χ4v) is 3.17. The van der Waals surface area contributed by atoms with Gasteiger partial charge in [-0.2, -0.15) is 0 Å². The SMILES string of the molecule is OC1CCCCC1Oc1ccc2c(c1)CCCC2. The van der Waals surface area contributed by atoms with E-state index < -0.39 is 0 Å². The third kappa shape index (κ3) is 2.54. The van der Waals surface area contributed by atoms with E-state index in [9.17, 15) is 5.11 Å². The van der Waals surface area contributed by atoms with Gasteiger partial charge in [0.1, 0.15) is 11.9 Å². The van der Waals surface area contributed by atoms with Crippen molar-refractivity contribution in [2.24, 2.45) is 0 Å². The lowest BCUT2D eigenvalue weighted by Gasteiger charge is -2.28. The highest BCUT2D eigenvalue weighted by Crippen LogP contribution is 2.28. The lowest BCUT2D eigenvalue weighted by atomic mass is 9.91. The molecule has 1 fully saturated rings. The average molecular weight is 246 g/mol. The van der Waals surface area contributed by atoms with Gasteiger partial charge in [0, 0.05) is 0 Å². The second-order valence-electron chi connectivity index (χ2n) is 5.65. The Labute approximate surface area is 109 Å². The van der Waals surface area contributed by atoms with Crippen molar-refractivity contribution >= 4 is 0 Å². The van der Waals surface area contributed by atoms with Crippen molar-refractivity contribution in [1.29, 1.82) is 0 Å². The van der Waals surface area contributed by atoms with Gasteiger partial charge in [-0.3, -0.25) is 0 Å². The Balaban J connectivity index is 1.72. The third-order valence-corrected chi connectivity index (χ3v) is 4.28. The van der Waals surface area contributed by atoms with Crippen molar-refractivity contribution in [2.75, 3.05) is 0 Å². The molecule has 0 spiro atoms. The maximum Gasteiger partial charge on any atom is 0.124 e. The van der Waals surface area contributed by atoms with E-state index >= 15 is 0 Å². The van der Waals surface area contributed by atoms with Gasteiger partial charge in [-0.05, 0) is 68.2 Å². The molecule has 2 nitrogen and oxygen atoms in total. The molecule has 0 bridgehead atoms. The second-order valence-corrected chi connectivity index (χ2v) is 5.65. The molecule has 2 unspecified atom stereocenters. The molecule has 1 saturated carbocycles. The predicted molar refractivity (Wildman–Crippen MR) is 72.0 cm³/mol. The van der Waals surface area contributed by atoms with Crippen LogP contribution in [0, 0.1) is 0 Å². The zero-order valence-electron chi connectivity index (χ0n) is 10.9. The number of aliphatic hydroxyl groups is 1.